The number of benzene rings is 1. The first-order valence-corrected chi connectivity index (χ1v) is 11.9. The van der Waals surface area contributed by atoms with E-state index in [0.29, 0.717) is 27.2 Å². The lowest BCUT2D eigenvalue weighted by molar-refractivity contribution is 0.414. The smallest absolute Gasteiger partial charge is 0.180 e. The van der Waals surface area contributed by atoms with Crippen LogP contribution in [0.1, 0.15) is 6.92 Å². The lowest BCUT2D eigenvalue weighted by Crippen LogP contribution is -2.08. The summed E-state index contributed by atoms with van der Waals surface area (Å²) in [4.78, 5) is 13.4. The van der Waals surface area contributed by atoms with Gasteiger partial charge in [0.25, 0.3) is 0 Å². The zero-order valence-electron chi connectivity index (χ0n) is 16.9. The van der Waals surface area contributed by atoms with Crippen molar-refractivity contribution in [3.8, 4) is 34.1 Å². The molecule has 0 aliphatic carbocycles. The topological polar surface area (TPSA) is 87.0 Å². The second-order valence-electron chi connectivity index (χ2n) is 6.64. The van der Waals surface area contributed by atoms with Crippen LogP contribution in [0.3, 0.4) is 0 Å². The van der Waals surface area contributed by atoms with Gasteiger partial charge in [-0.2, -0.15) is 0 Å². The molecule has 1 aromatic carbocycles. The average molecular weight is 499 g/mol. The summed E-state index contributed by atoms with van der Waals surface area (Å²) in [5.74, 6) is 0.688. The number of halogens is 1. The molecule has 4 aromatic rings. The summed E-state index contributed by atoms with van der Waals surface area (Å²) in [5.41, 5.74) is 2.85. The molecule has 3 aromatic heterocycles. The number of hydrogen-bond donors (Lipinski definition) is 0. The number of ether oxygens (including phenoxy) is 1. The Morgan fingerprint density at radius 3 is 2.45 bits per heavy atom. The maximum atomic E-state index is 12.9. The Balaban J connectivity index is 1.85. The molecule has 4 rings (SSSR count). The van der Waals surface area contributed by atoms with Crippen LogP contribution in [0.25, 0.3) is 28.3 Å². The number of pyridine rings is 2. The van der Waals surface area contributed by atoms with Crippen molar-refractivity contribution in [3.63, 3.8) is 0 Å². The molecule has 0 bridgehead atoms. The minimum absolute atomic E-state index is 0.0514. The molecule has 158 valence electrons. The molecular formula is C22H19BrN4O3S. The molecule has 0 spiro atoms. The van der Waals surface area contributed by atoms with Crippen LogP contribution in [0.4, 0.5) is 0 Å². The van der Waals surface area contributed by atoms with Crippen molar-refractivity contribution in [2.24, 2.45) is 0 Å². The third kappa shape index (κ3) is 4.11. The van der Waals surface area contributed by atoms with Gasteiger partial charge in [-0.25, -0.2) is 13.4 Å². The van der Waals surface area contributed by atoms with Crippen LogP contribution in [0.5, 0.6) is 5.75 Å². The van der Waals surface area contributed by atoms with E-state index in [2.05, 4.69) is 30.9 Å². The Hall–Kier alpha value is -3.04. The molecule has 0 amide bonds. The minimum atomic E-state index is -3.57. The first-order valence-electron chi connectivity index (χ1n) is 9.46. The molecule has 9 heteroatoms. The molecule has 3 heterocycles. The molecule has 31 heavy (non-hydrogen) atoms. The maximum absolute atomic E-state index is 12.9. The van der Waals surface area contributed by atoms with Gasteiger partial charge in [-0.1, -0.05) is 13.0 Å². The van der Waals surface area contributed by atoms with Gasteiger partial charge in [0.15, 0.2) is 9.84 Å². The monoisotopic (exact) mass is 498 g/mol. The highest BCUT2D eigenvalue weighted by atomic mass is 79.9. The summed E-state index contributed by atoms with van der Waals surface area (Å²) in [6.45, 7) is 1.61. The number of imidazole rings is 1. The molecule has 0 saturated heterocycles. The van der Waals surface area contributed by atoms with Crippen LogP contribution < -0.4 is 4.74 Å². The van der Waals surface area contributed by atoms with Crippen LogP contribution in [0, 0.1) is 0 Å². The van der Waals surface area contributed by atoms with Crippen molar-refractivity contribution in [2.45, 2.75) is 11.8 Å². The Bertz CT molecular complexity index is 1320. The third-order valence-corrected chi connectivity index (χ3v) is 7.31. The van der Waals surface area contributed by atoms with Gasteiger partial charge < -0.3 is 4.74 Å². The van der Waals surface area contributed by atoms with Gasteiger partial charge >= 0.3 is 0 Å². The van der Waals surface area contributed by atoms with Crippen molar-refractivity contribution in [2.75, 3.05) is 12.9 Å². The largest absolute Gasteiger partial charge is 0.497 e. The summed E-state index contributed by atoms with van der Waals surface area (Å²) < 4.78 is 33.4. The van der Waals surface area contributed by atoms with Crippen LogP contribution in [0.15, 0.2) is 76.8 Å². The lowest BCUT2D eigenvalue weighted by Gasteiger charge is -2.11. The fraction of sp³-hybridized carbons (Fsp3) is 0.136. The first-order chi connectivity index (χ1) is 14.9. The lowest BCUT2D eigenvalue weighted by atomic mass is 10.1. The van der Waals surface area contributed by atoms with Crippen molar-refractivity contribution in [3.05, 3.63) is 71.9 Å². The van der Waals surface area contributed by atoms with Crippen molar-refractivity contribution < 1.29 is 13.2 Å². The maximum Gasteiger partial charge on any atom is 0.180 e. The van der Waals surface area contributed by atoms with E-state index >= 15 is 0 Å². The average Bonchev–Trinajstić information content (AvgIpc) is 3.20. The number of sulfone groups is 1. The molecule has 0 atom stereocenters. The van der Waals surface area contributed by atoms with E-state index in [-0.39, 0.29) is 10.6 Å². The SMILES string of the molecule is CCS(=O)(=O)c1cc(-c2ccccn2)cnc1-c1ncn(-c2ccc(OC)cc2)c1Br. The molecule has 0 fully saturated rings. The number of methoxy groups -OCH3 is 1. The van der Waals surface area contributed by atoms with Crippen LogP contribution in [-0.4, -0.2) is 40.8 Å². The Kier molecular flexibility index (Phi) is 5.88. The van der Waals surface area contributed by atoms with Crippen LogP contribution in [0.2, 0.25) is 0 Å². The molecule has 0 aliphatic rings. The summed E-state index contributed by atoms with van der Waals surface area (Å²) in [6, 6.07) is 14.5. The van der Waals surface area contributed by atoms with Crippen molar-refractivity contribution >= 4 is 25.8 Å². The fourth-order valence-corrected chi connectivity index (χ4v) is 4.75. The van der Waals surface area contributed by atoms with Crippen LogP contribution in [-0.2, 0) is 9.84 Å². The standard InChI is InChI=1S/C22H19BrN4O3S/c1-3-31(28,29)19-12-15(18-6-4-5-11-24-18)13-25-20(19)21-22(23)27(14-26-21)16-7-9-17(30-2)10-8-16/h4-14H,3H2,1-2H3. The summed E-state index contributed by atoms with van der Waals surface area (Å²) in [7, 11) is -1.96. The summed E-state index contributed by atoms with van der Waals surface area (Å²) in [6.07, 6.45) is 4.90. The highest BCUT2D eigenvalue weighted by Gasteiger charge is 2.24. The van der Waals surface area contributed by atoms with Gasteiger partial charge in [0.1, 0.15) is 28.1 Å². The summed E-state index contributed by atoms with van der Waals surface area (Å²) in [5, 5.41) is 0. The van der Waals surface area contributed by atoms with Gasteiger partial charge in [0.05, 0.1) is 23.5 Å². The Morgan fingerprint density at radius 1 is 1.03 bits per heavy atom. The zero-order chi connectivity index (χ0) is 22.0. The van der Waals surface area contributed by atoms with Gasteiger partial charge in [0, 0.05) is 23.6 Å². The highest BCUT2D eigenvalue weighted by molar-refractivity contribution is 9.10. The molecule has 0 N–H and O–H groups in total. The second kappa shape index (κ2) is 8.60. The second-order valence-corrected chi connectivity index (χ2v) is 9.64. The minimum Gasteiger partial charge on any atom is -0.497 e. The molecule has 0 unspecified atom stereocenters. The Morgan fingerprint density at radius 2 is 1.81 bits per heavy atom. The predicted octanol–water partition coefficient (Wildman–Crippen LogP) is 4.56. The van der Waals surface area contributed by atoms with E-state index in [1.54, 1.807) is 44.9 Å². The third-order valence-electron chi connectivity index (χ3n) is 4.81. The molecule has 7 nitrogen and oxygen atoms in total. The fourth-order valence-electron chi connectivity index (χ4n) is 3.10. The van der Waals surface area contributed by atoms with Gasteiger partial charge in [0.2, 0.25) is 0 Å². The van der Waals surface area contributed by atoms with Crippen LogP contribution >= 0.6 is 15.9 Å². The zero-order valence-corrected chi connectivity index (χ0v) is 19.3. The van der Waals surface area contributed by atoms with Gasteiger partial charge in [-0.3, -0.25) is 14.5 Å². The van der Waals surface area contributed by atoms with E-state index in [1.807, 2.05) is 41.0 Å². The van der Waals surface area contributed by atoms with Crippen molar-refractivity contribution in [1.82, 2.24) is 19.5 Å². The van der Waals surface area contributed by atoms with E-state index in [1.165, 1.54) is 0 Å². The number of nitrogens with zero attached hydrogens (tertiary/aromatic N) is 4. The number of rotatable bonds is 6. The predicted molar refractivity (Wildman–Crippen MR) is 122 cm³/mol. The van der Waals surface area contributed by atoms with E-state index in [4.69, 9.17) is 4.74 Å². The molecule has 0 radical (unpaired) electrons. The molecular weight excluding hydrogens is 480 g/mol. The van der Waals surface area contributed by atoms with Gasteiger partial charge in [-0.05, 0) is 58.4 Å². The van der Waals surface area contributed by atoms with Gasteiger partial charge in [-0.15, -0.1) is 0 Å². The highest BCUT2D eigenvalue weighted by Crippen LogP contribution is 2.34. The molecule has 0 aliphatic heterocycles. The number of hydrogen-bond acceptors (Lipinski definition) is 6. The Labute approximate surface area is 188 Å². The molecule has 0 saturated carbocycles. The van der Waals surface area contributed by atoms with E-state index < -0.39 is 9.84 Å². The normalized spacial score (nSPS) is 11.5. The first kappa shape index (κ1) is 21.2. The number of aromatic nitrogens is 4. The quantitative estimate of drug-likeness (QED) is 0.387. The van der Waals surface area contributed by atoms with Crippen molar-refractivity contribution in [1.29, 1.82) is 0 Å². The summed E-state index contributed by atoms with van der Waals surface area (Å²) >= 11 is 3.57. The van der Waals surface area contributed by atoms with E-state index in [0.717, 1.165) is 11.4 Å². The van der Waals surface area contributed by atoms with E-state index in [9.17, 15) is 8.42 Å².